The summed E-state index contributed by atoms with van der Waals surface area (Å²) in [4.78, 5) is 26.2. The fourth-order valence-corrected chi connectivity index (χ4v) is 3.77. The number of benzene rings is 1. The van der Waals surface area contributed by atoms with Crippen molar-refractivity contribution in [1.82, 2.24) is 4.90 Å². The molecule has 1 fully saturated rings. The molecule has 1 aromatic carbocycles. The number of aliphatic carboxylic acids is 1. The zero-order valence-corrected chi connectivity index (χ0v) is 12.8. The van der Waals surface area contributed by atoms with E-state index in [1.54, 1.807) is 4.90 Å². The lowest BCUT2D eigenvalue weighted by Crippen LogP contribution is -2.43. The van der Waals surface area contributed by atoms with E-state index in [1.165, 1.54) is 12.8 Å². The first-order valence-electron chi connectivity index (χ1n) is 8.26. The third-order valence-corrected chi connectivity index (χ3v) is 5.01. The molecule has 3 rings (SSSR count). The third kappa shape index (κ3) is 3.01. The summed E-state index contributed by atoms with van der Waals surface area (Å²) in [5.41, 5.74) is 1.84. The maximum Gasteiger partial charge on any atom is 0.312 e. The van der Waals surface area contributed by atoms with Gasteiger partial charge < -0.3 is 10.0 Å². The lowest BCUT2D eigenvalue weighted by molar-refractivity contribution is -0.142. The molecule has 4 heteroatoms. The van der Waals surface area contributed by atoms with Gasteiger partial charge in [0, 0.05) is 19.0 Å². The van der Waals surface area contributed by atoms with Crippen molar-refractivity contribution in [3.63, 3.8) is 0 Å². The van der Waals surface area contributed by atoms with Gasteiger partial charge in [0.05, 0.1) is 5.92 Å². The molecule has 1 heterocycles. The highest BCUT2D eigenvalue weighted by Crippen LogP contribution is 2.31. The van der Waals surface area contributed by atoms with Gasteiger partial charge in [0.2, 0.25) is 5.91 Å². The van der Waals surface area contributed by atoms with E-state index in [0.717, 1.165) is 36.8 Å². The van der Waals surface area contributed by atoms with Gasteiger partial charge in [-0.25, -0.2) is 0 Å². The summed E-state index contributed by atoms with van der Waals surface area (Å²) in [7, 11) is 0. The Morgan fingerprint density at radius 1 is 1.05 bits per heavy atom. The van der Waals surface area contributed by atoms with E-state index in [4.69, 9.17) is 0 Å². The van der Waals surface area contributed by atoms with E-state index < -0.39 is 11.9 Å². The van der Waals surface area contributed by atoms with Crippen LogP contribution in [0.5, 0.6) is 0 Å². The Balaban J connectivity index is 1.80. The summed E-state index contributed by atoms with van der Waals surface area (Å²) in [6, 6.07) is 7.61. The largest absolute Gasteiger partial charge is 0.481 e. The zero-order valence-electron chi connectivity index (χ0n) is 12.8. The van der Waals surface area contributed by atoms with E-state index in [1.807, 2.05) is 24.3 Å². The van der Waals surface area contributed by atoms with Crippen molar-refractivity contribution in [3.8, 4) is 0 Å². The Kier molecular flexibility index (Phi) is 4.46. The number of carbonyl (C=O) groups excluding carboxylic acids is 1. The Bertz CT molecular complexity index is 561. The highest BCUT2D eigenvalue weighted by molar-refractivity contribution is 5.82. The molecule has 118 valence electrons. The average Bonchev–Trinajstić information content (AvgIpc) is 2.82. The highest BCUT2D eigenvalue weighted by atomic mass is 16.4. The number of carbonyl (C=O) groups is 2. The molecule has 1 aliphatic heterocycles. The average molecular weight is 301 g/mol. The molecule has 1 amide bonds. The highest BCUT2D eigenvalue weighted by Gasteiger charge is 2.34. The first-order chi connectivity index (χ1) is 10.7. The van der Waals surface area contributed by atoms with Crippen molar-refractivity contribution in [2.45, 2.75) is 51.0 Å². The summed E-state index contributed by atoms with van der Waals surface area (Å²) < 4.78 is 0. The predicted octanol–water partition coefficient (Wildman–Crippen LogP) is 3.17. The van der Waals surface area contributed by atoms with Gasteiger partial charge in [-0.2, -0.15) is 0 Å². The molecule has 0 bridgehead atoms. The van der Waals surface area contributed by atoms with Gasteiger partial charge in [-0.3, -0.25) is 9.59 Å². The molecule has 22 heavy (non-hydrogen) atoms. The number of hydrogen-bond donors (Lipinski definition) is 1. The van der Waals surface area contributed by atoms with E-state index in [2.05, 4.69) is 0 Å². The van der Waals surface area contributed by atoms with Crippen molar-refractivity contribution >= 4 is 11.9 Å². The van der Waals surface area contributed by atoms with Gasteiger partial charge in [-0.1, -0.05) is 49.9 Å². The van der Waals surface area contributed by atoms with Crippen LogP contribution in [0.15, 0.2) is 24.3 Å². The Labute approximate surface area is 131 Å². The number of nitrogens with zero attached hydrogens (tertiary/aromatic N) is 1. The number of hydrogen-bond acceptors (Lipinski definition) is 2. The molecule has 0 spiro atoms. The molecular weight excluding hydrogens is 278 g/mol. The summed E-state index contributed by atoms with van der Waals surface area (Å²) in [6.45, 7) is 0.858. The first kappa shape index (κ1) is 15.1. The lowest BCUT2D eigenvalue weighted by Gasteiger charge is -2.35. The fourth-order valence-electron chi connectivity index (χ4n) is 3.77. The Morgan fingerprint density at radius 3 is 2.41 bits per heavy atom. The van der Waals surface area contributed by atoms with Crippen LogP contribution in [0.3, 0.4) is 0 Å². The molecule has 0 aromatic heterocycles. The second-order valence-electron chi connectivity index (χ2n) is 6.50. The van der Waals surface area contributed by atoms with Crippen LogP contribution >= 0.6 is 0 Å². The van der Waals surface area contributed by atoms with Crippen LogP contribution in [-0.2, 0) is 16.1 Å². The molecule has 0 saturated heterocycles. The minimum Gasteiger partial charge on any atom is -0.481 e. The molecule has 1 N–H and O–H groups in total. The Hall–Kier alpha value is -1.84. The third-order valence-electron chi connectivity index (χ3n) is 5.01. The van der Waals surface area contributed by atoms with Gasteiger partial charge in [-0.05, 0) is 24.0 Å². The maximum absolute atomic E-state index is 12.8. The summed E-state index contributed by atoms with van der Waals surface area (Å²) in [5, 5.41) is 9.50. The van der Waals surface area contributed by atoms with Gasteiger partial charge in [0.1, 0.15) is 0 Å². The summed E-state index contributed by atoms with van der Waals surface area (Å²) in [5.74, 6) is -1.20. The van der Waals surface area contributed by atoms with Crippen LogP contribution in [0.1, 0.15) is 55.6 Å². The smallest absolute Gasteiger partial charge is 0.312 e. The molecular formula is C18H23NO3. The molecule has 1 aliphatic carbocycles. The minimum absolute atomic E-state index is 0.0854. The number of amides is 1. The maximum atomic E-state index is 12.8. The second-order valence-corrected chi connectivity index (χ2v) is 6.50. The van der Waals surface area contributed by atoms with Gasteiger partial charge in [0.15, 0.2) is 0 Å². The number of rotatable bonds is 2. The topological polar surface area (TPSA) is 57.6 Å². The van der Waals surface area contributed by atoms with Gasteiger partial charge in [-0.15, -0.1) is 0 Å². The summed E-state index contributed by atoms with van der Waals surface area (Å²) in [6.07, 6.45) is 6.56. The van der Waals surface area contributed by atoms with Crippen LogP contribution in [0, 0.1) is 5.92 Å². The molecule has 2 aliphatic rings. The zero-order chi connectivity index (χ0) is 15.5. The minimum atomic E-state index is -0.842. The second kappa shape index (κ2) is 6.51. The molecule has 1 atom stereocenters. The number of carboxylic acids is 1. The number of fused-ring (bicyclic) bond motifs is 1. The molecule has 4 nitrogen and oxygen atoms in total. The van der Waals surface area contributed by atoms with Crippen LogP contribution < -0.4 is 0 Å². The van der Waals surface area contributed by atoms with Crippen LogP contribution in [-0.4, -0.2) is 28.4 Å². The van der Waals surface area contributed by atoms with Gasteiger partial charge in [0.25, 0.3) is 0 Å². The fraction of sp³-hybridized carbons (Fsp3) is 0.556. The van der Waals surface area contributed by atoms with Crippen LogP contribution in [0.4, 0.5) is 0 Å². The van der Waals surface area contributed by atoms with E-state index in [-0.39, 0.29) is 11.8 Å². The first-order valence-corrected chi connectivity index (χ1v) is 8.26. The quantitative estimate of drug-likeness (QED) is 0.854. The summed E-state index contributed by atoms with van der Waals surface area (Å²) >= 11 is 0. The van der Waals surface area contributed by atoms with E-state index in [9.17, 15) is 14.7 Å². The van der Waals surface area contributed by atoms with Crippen LogP contribution in [0.25, 0.3) is 0 Å². The molecule has 1 unspecified atom stereocenters. The van der Waals surface area contributed by atoms with Crippen LogP contribution in [0.2, 0.25) is 0 Å². The van der Waals surface area contributed by atoms with E-state index >= 15 is 0 Å². The number of carboxylic acid groups (broad SMARTS) is 1. The van der Waals surface area contributed by atoms with Crippen molar-refractivity contribution in [1.29, 1.82) is 0 Å². The van der Waals surface area contributed by atoms with Gasteiger partial charge >= 0.3 is 5.97 Å². The molecule has 0 radical (unpaired) electrons. The molecule has 1 aromatic rings. The van der Waals surface area contributed by atoms with Crippen molar-refractivity contribution in [3.05, 3.63) is 35.4 Å². The monoisotopic (exact) mass is 301 g/mol. The van der Waals surface area contributed by atoms with Crippen molar-refractivity contribution < 1.29 is 14.7 Å². The van der Waals surface area contributed by atoms with Crippen molar-refractivity contribution in [2.24, 2.45) is 5.92 Å². The normalized spacial score (nSPS) is 22.7. The van der Waals surface area contributed by atoms with E-state index in [0.29, 0.717) is 13.1 Å². The SMILES string of the molecule is O=C(O)C1CN(C(=O)C2CCCCCC2)Cc2ccccc21. The lowest BCUT2D eigenvalue weighted by atomic mass is 9.88. The van der Waals surface area contributed by atoms with Crippen molar-refractivity contribution in [2.75, 3.05) is 6.54 Å². The molecule has 1 saturated carbocycles. The predicted molar refractivity (Wildman–Crippen MR) is 83.4 cm³/mol. The standard InChI is InChI=1S/C18H23NO3/c20-17(13-7-3-1-2-4-8-13)19-11-14-9-5-6-10-15(14)16(12-19)18(21)22/h5-6,9-10,13,16H,1-4,7-8,11-12H2,(H,21,22). The Morgan fingerprint density at radius 2 is 1.73 bits per heavy atom.